The minimum Gasteiger partial charge on any atom is -0.359 e. The molecule has 0 saturated carbocycles. The molecular formula is C10H21N3S. The van der Waals surface area contributed by atoms with Crippen molar-refractivity contribution in [2.24, 2.45) is 4.99 Å². The second-order valence-corrected chi connectivity index (χ2v) is 5.72. The van der Waals surface area contributed by atoms with Gasteiger partial charge in [0.15, 0.2) is 5.17 Å². The van der Waals surface area contributed by atoms with Crippen LogP contribution in [0.2, 0.25) is 0 Å². The number of amidine groups is 1. The fourth-order valence-corrected chi connectivity index (χ4v) is 2.16. The summed E-state index contributed by atoms with van der Waals surface area (Å²) in [6.07, 6.45) is 0. The SMILES string of the molecule is CC(CN=C1NC(C)(C)CS1)N(C)C. The lowest BCUT2D eigenvalue weighted by Crippen LogP contribution is -2.37. The summed E-state index contributed by atoms with van der Waals surface area (Å²) in [5.41, 5.74) is 0.213. The summed E-state index contributed by atoms with van der Waals surface area (Å²) in [5.74, 6) is 1.11. The quantitative estimate of drug-likeness (QED) is 0.771. The molecule has 1 aliphatic heterocycles. The molecule has 0 radical (unpaired) electrons. The van der Waals surface area contributed by atoms with E-state index in [0.29, 0.717) is 6.04 Å². The van der Waals surface area contributed by atoms with Crippen LogP contribution in [0.5, 0.6) is 0 Å². The van der Waals surface area contributed by atoms with Crippen LogP contribution in [0.25, 0.3) is 0 Å². The fraction of sp³-hybridized carbons (Fsp3) is 0.900. The molecule has 1 saturated heterocycles. The molecule has 4 heteroatoms. The lowest BCUT2D eigenvalue weighted by molar-refractivity contribution is 0.321. The molecule has 0 spiro atoms. The first-order chi connectivity index (χ1) is 6.41. The van der Waals surface area contributed by atoms with Crippen LogP contribution in [0.4, 0.5) is 0 Å². The molecular weight excluding hydrogens is 194 g/mol. The number of nitrogens with zero attached hydrogens (tertiary/aromatic N) is 2. The van der Waals surface area contributed by atoms with Gasteiger partial charge in [-0.15, -0.1) is 0 Å². The Morgan fingerprint density at radius 2 is 2.21 bits per heavy atom. The monoisotopic (exact) mass is 215 g/mol. The Morgan fingerprint density at radius 3 is 2.64 bits per heavy atom. The molecule has 1 fully saturated rings. The van der Waals surface area contributed by atoms with Crippen LogP contribution in [0, 0.1) is 0 Å². The van der Waals surface area contributed by atoms with Crippen molar-refractivity contribution in [3.63, 3.8) is 0 Å². The van der Waals surface area contributed by atoms with E-state index in [1.807, 2.05) is 11.8 Å². The minimum absolute atomic E-state index is 0.213. The van der Waals surface area contributed by atoms with Crippen molar-refractivity contribution in [1.82, 2.24) is 10.2 Å². The number of thioether (sulfide) groups is 1. The molecule has 0 aliphatic carbocycles. The average molecular weight is 215 g/mol. The van der Waals surface area contributed by atoms with Gasteiger partial charge in [0.25, 0.3) is 0 Å². The number of nitrogens with one attached hydrogen (secondary N) is 1. The third-order valence-corrected chi connectivity index (χ3v) is 3.77. The van der Waals surface area contributed by atoms with Gasteiger partial charge in [0, 0.05) is 17.3 Å². The van der Waals surface area contributed by atoms with Crippen molar-refractivity contribution < 1.29 is 0 Å². The largest absolute Gasteiger partial charge is 0.359 e. The van der Waals surface area contributed by atoms with Gasteiger partial charge in [0.1, 0.15) is 0 Å². The molecule has 14 heavy (non-hydrogen) atoms. The smallest absolute Gasteiger partial charge is 0.157 e. The zero-order valence-corrected chi connectivity index (χ0v) is 10.6. The highest BCUT2D eigenvalue weighted by molar-refractivity contribution is 8.14. The Morgan fingerprint density at radius 1 is 1.57 bits per heavy atom. The maximum absolute atomic E-state index is 4.57. The molecule has 1 unspecified atom stereocenters. The predicted molar refractivity (Wildman–Crippen MR) is 65.1 cm³/mol. The van der Waals surface area contributed by atoms with Gasteiger partial charge >= 0.3 is 0 Å². The number of hydrogen-bond donors (Lipinski definition) is 1. The van der Waals surface area contributed by atoms with Crippen LogP contribution in [0.1, 0.15) is 20.8 Å². The summed E-state index contributed by atoms with van der Waals surface area (Å²) >= 11 is 1.82. The summed E-state index contributed by atoms with van der Waals surface area (Å²) in [6.45, 7) is 7.48. The third kappa shape index (κ3) is 3.50. The molecule has 0 aromatic rings. The van der Waals surface area contributed by atoms with Crippen LogP contribution in [0.15, 0.2) is 4.99 Å². The predicted octanol–water partition coefficient (Wildman–Crippen LogP) is 1.41. The second-order valence-electron chi connectivity index (χ2n) is 4.76. The zero-order chi connectivity index (χ0) is 10.8. The van der Waals surface area contributed by atoms with Crippen molar-refractivity contribution in [3.05, 3.63) is 0 Å². The van der Waals surface area contributed by atoms with E-state index in [0.717, 1.165) is 17.5 Å². The van der Waals surface area contributed by atoms with Crippen LogP contribution in [-0.2, 0) is 0 Å². The third-order valence-electron chi connectivity index (χ3n) is 2.40. The summed E-state index contributed by atoms with van der Waals surface area (Å²) in [5, 5.41) is 4.52. The highest BCUT2D eigenvalue weighted by Gasteiger charge is 2.27. The highest BCUT2D eigenvalue weighted by Crippen LogP contribution is 2.21. The molecule has 1 aliphatic rings. The van der Waals surface area contributed by atoms with Crippen LogP contribution in [-0.4, -0.2) is 48.0 Å². The summed E-state index contributed by atoms with van der Waals surface area (Å²) in [6, 6.07) is 0.508. The van der Waals surface area contributed by atoms with Crippen molar-refractivity contribution in [2.45, 2.75) is 32.4 Å². The zero-order valence-electron chi connectivity index (χ0n) is 9.79. The molecule has 0 bridgehead atoms. The molecule has 0 amide bonds. The number of likely N-dealkylation sites (N-methyl/N-ethyl adjacent to an activating group) is 1. The van der Waals surface area contributed by atoms with Crippen molar-refractivity contribution in [2.75, 3.05) is 26.4 Å². The second kappa shape index (κ2) is 4.53. The Bertz CT molecular complexity index is 223. The van der Waals surface area contributed by atoms with Crippen molar-refractivity contribution in [3.8, 4) is 0 Å². The first-order valence-electron chi connectivity index (χ1n) is 5.02. The first-order valence-corrected chi connectivity index (χ1v) is 6.01. The van der Waals surface area contributed by atoms with Crippen LogP contribution in [0.3, 0.4) is 0 Å². The Labute approximate surface area is 91.3 Å². The molecule has 82 valence electrons. The molecule has 3 nitrogen and oxygen atoms in total. The van der Waals surface area contributed by atoms with Crippen LogP contribution < -0.4 is 5.32 Å². The van der Waals surface area contributed by atoms with Gasteiger partial charge in [-0.05, 0) is 34.9 Å². The highest BCUT2D eigenvalue weighted by atomic mass is 32.2. The van der Waals surface area contributed by atoms with E-state index in [2.05, 4.69) is 50.1 Å². The van der Waals surface area contributed by atoms with E-state index in [1.165, 1.54) is 0 Å². The van der Waals surface area contributed by atoms with E-state index in [4.69, 9.17) is 0 Å². The van der Waals surface area contributed by atoms with Crippen molar-refractivity contribution in [1.29, 1.82) is 0 Å². The molecule has 1 N–H and O–H groups in total. The molecule has 0 aromatic heterocycles. The maximum Gasteiger partial charge on any atom is 0.157 e. The van der Waals surface area contributed by atoms with E-state index in [9.17, 15) is 0 Å². The van der Waals surface area contributed by atoms with Gasteiger partial charge in [-0.25, -0.2) is 0 Å². The van der Waals surface area contributed by atoms with E-state index in [1.54, 1.807) is 0 Å². The number of hydrogen-bond acceptors (Lipinski definition) is 3. The Kier molecular flexibility index (Phi) is 3.84. The fourth-order valence-electron chi connectivity index (χ4n) is 1.07. The standard InChI is InChI=1S/C10H21N3S/c1-8(13(4)5)6-11-9-12-10(2,3)7-14-9/h8H,6-7H2,1-5H3,(H,11,12). The number of aliphatic imine (C=N–C) groups is 1. The van der Waals surface area contributed by atoms with E-state index in [-0.39, 0.29) is 5.54 Å². The van der Waals surface area contributed by atoms with E-state index >= 15 is 0 Å². The first kappa shape index (κ1) is 11.9. The Hall–Kier alpha value is -0.220. The van der Waals surface area contributed by atoms with Gasteiger partial charge in [-0.1, -0.05) is 11.8 Å². The van der Waals surface area contributed by atoms with Gasteiger partial charge in [-0.2, -0.15) is 0 Å². The topological polar surface area (TPSA) is 27.6 Å². The van der Waals surface area contributed by atoms with Gasteiger partial charge < -0.3 is 10.2 Å². The van der Waals surface area contributed by atoms with E-state index < -0.39 is 0 Å². The summed E-state index contributed by atoms with van der Waals surface area (Å²) in [4.78, 5) is 6.76. The molecule has 1 heterocycles. The average Bonchev–Trinajstić information content (AvgIpc) is 2.41. The summed E-state index contributed by atoms with van der Waals surface area (Å²) in [7, 11) is 4.17. The lowest BCUT2D eigenvalue weighted by atomic mass is 10.1. The molecule has 1 atom stereocenters. The Balaban J connectivity index is 2.40. The number of rotatable bonds is 3. The van der Waals surface area contributed by atoms with Gasteiger partial charge in [0.2, 0.25) is 0 Å². The molecule has 1 rings (SSSR count). The van der Waals surface area contributed by atoms with Crippen molar-refractivity contribution >= 4 is 16.9 Å². The van der Waals surface area contributed by atoms with Gasteiger partial charge in [-0.3, -0.25) is 4.99 Å². The summed E-state index contributed by atoms with van der Waals surface area (Å²) < 4.78 is 0. The van der Waals surface area contributed by atoms with Gasteiger partial charge in [0.05, 0.1) is 6.54 Å². The lowest BCUT2D eigenvalue weighted by Gasteiger charge is -2.18. The maximum atomic E-state index is 4.57. The minimum atomic E-state index is 0.213. The van der Waals surface area contributed by atoms with Crippen LogP contribution >= 0.6 is 11.8 Å². The normalized spacial score (nSPS) is 25.4. The molecule has 0 aromatic carbocycles.